The van der Waals surface area contributed by atoms with Crippen molar-refractivity contribution >= 4 is 17.1 Å². The summed E-state index contributed by atoms with van der Waals surface area (Å²) in [5, 5.41) is 3.81. The van der Waals surface area contributed by atoms with Gasteiger partial charge in [-0.05, 0) is 67.2 Å². The summed E-state index contributed by atoms with van der Waals surface area (Å²) < 4.78 is 0. The lowest BCUT2D eigenvalue weighted by Crippen LogP contribution is -2.17. The van der Waals surface area contributed by atoms with Crippen LogP contribution in [0.3, 0.4) is 0 Å². The quantitative estimate of drug-likeness (QED) is 0.244. The van der Waals surface area contributed by atoms with Crippen LogP contribution in [-0.2, 0) is 21.7 Å². The van der Waals surface area contributed by atoms with Crippen LogP contribution >= 0.6 is 0 Å². The van der Waals surface area contributed by atoms with Crippen LogP contribution in [0.4, 0.5) is 17.1 Å². The highest BCUT2D eigenvalue weighted by Crippen LogP contribution is 2.44. The fourth-order valence-corrected chi connectivity index (χ4v) is 5.21. The van der Waals surface area contributed by atoms with Crippen LogP contribution in [0.2, 0.25) is 0 Å². The van der Waals surface area contributed by atoms with Crippen molar-refractivity contribution in [3.63, 3.8) is 0 Å². The highest BCUT2D eigenvalue weighted by molar-refractivity contribution is 5.94. The molecular weight excluding hydrogens is 508 g/mol. The molecule has 0 amide bonds. The number of hydrogen-bond acceptors (Lipinski definition) is 2. The third-order valence-electron chi connectivity index (χ3n) is 8.24. The number of nitrogens with two attached hydrogens (primary N) is 1. The molecule has 42 heavy (non-hydrogen) atoms. The van der Waals surface area contributed by atoms with Crippen molar-refractivity contribution in [3.8, 4) is 22.3 Å². The lowest BCUT2D eigenvalue weighted by Gasteiger charge is -2.28. The molecule has 222 valence electrons. The number of hydrogen-bond donors (Lipinski definition) is 2. The molecule has 3 N–H and O–H groups in total. The van der Waals surface area contributed by atoms with E-state index in [0.29, 0.717) is 0 Å². The van der Waals surface area contributed by atoms with Crippen LogP contribution in [0, 0.1) is 0 Å². The van der Waals surface area contributed by atoms with E-state index in [1.165, 1.54) is 44.5 Å². The maximum Gasteiger partial charge on any atom is 0.0618 e. The van der Waals surface area contributed by atoms with Gasteiger partial charge in [-0.1, -0.05) is 150 Å². The van der Waals surface area contributed by atoms with Crippen molar-refractivity contribution < 1.29 is 0 Å². The Morgan fingerprint density at radius 2 is 0.810 bits per heavy atom. The van der Waals surface area contributed by atoms with E-state index >= 15 is 0 Å². The number of anilines is 3. The van der Waals surface area contributed by atoms with Crippen molar-refractivity contribution in [1.82, 2.24) is 0 Å². The SMILES string of the molecule is CC(C)(C)c1cc(-c2cccc(-c3cc(C(C)(C)C)cc(C(C)(C)C)c3)c2Nc2ccccc2N)cc(C(C)(C)C)c1. The smallest absolute Gasteiger partial charge is 0.0618 e. The fourth-order valence-electron chi connectivity index (χ4n) is 5.21. The molecule has 0 aromatic heterocycles. The number of nitrogen functional groups attached to an aromatic ring is 1. The Morgan fingerprint density at radius 1 is 0.452 bits per heavy atom. The second kappa shape index (κ2) is 11.0. The highest BCUT2D eigenvalue weighted by Gasteiger charge is 2.25. The van der Waals surface area contributed by atoms with E-state index in [-0.39, 0.29) is 21.7 Å². The summed E-state index contributed by atoms with van der Waals surface area (Å²) in [4.78, 5) is 0. The molecule has 4 aromatic rings. The van der Waals surface area contributed by atoms with Crippen LogP contribution in [-0.4, -0.2) is 0 Å². The van der Waals surface area contributed by atoms with E-state index in [0.717, 1.165) is 17.1 Å². The minimum atomic E-state index is 0.0215. The lowest BCUT2D eigenvalue weighted by molar-refractivity contribution is 0.568. The summed E-state index contributed by atoms with van der Waals surface area (Å²) in [7, 11) is 0. The number of para-hydroxylation sites is 3. The molecule has 0 atom stereocenters. The molecule has 0 bridgehead atoms. The first-order chi connectivity index (χ1) is 19.2. The molecule has 4 aromatic carbocycles. The van der Waals surface area contributed by atoms with Crippen LogP contribution in [0.15, 0.2) is 78.9 Å². The zero-order valence-electron chi connectivity index (χ0n) is 28.1. The van der Waals surface area contributed by atoms with Gasteiger partial charge >= 0.3 is 0 Å². The van der Waals surface area contributed by atoms with E-state index < -0.39 is 0 Å². The first-order valence-electron chi connectivity index (χ1n) is 15.3. The third kappa shape index (κ3) is 6.92. The molecule has 0 aliphatic rings. The van der Waals surface area contributed by atoms with Gasteiger partial charge in [0.05, 0.1) is 17.1 Å². The molecule has 0 heterocycles. The topological polar surface area (TPSA) is 38.0 Å². The Bertz CT molecular complexity index is 1420. The Kier molecular flexibility index (Phi) is 8.19. The van der Waals surface area contributed by atoms with Crippen molar-refractivity contribution in [1.29, 1.82) is 0 Å². The molecule has 0 spiro atoms. The van der Waals surface area contributed by atoms with Gasteiger partial charge in [0.1, 0.15) is 0 Å². The molecule has 0 saturated heterocycles. The van der Waals surface area contributed by atoms with Crippen LogP contribution < -0.4 is 11.1 Å². The Balaban J connectivity index is 2.09. The van der Waals surface area contributed by atoms with Gasteiger partial charge in [0.15, 0.2) is 0 Å². The van der Waals surface area contributed by atoms with Gasteiger partial charge < -0.3 is 11.1 Å². The first-order valence-corrected chi connectivity index (χ1v) is 15.3. The summed E-state index contributed by atoms with van der Waals surface area (Å²) >= 11 is 0. The van der Waals surface area contributed by atoms with Gasteiger partial charge in [-0.2, -0.15) is 0 Å². The van der Waals surface area contributed by atoms with E-state index in [2.05, 4.69) is 149 Å². The van der Waals surface area contributed by atoms with Crippen molar-refractivity contribution in [3.05, 3.63) is 101 Å². The van der Waals surface area contributed by atoms with Crippen molar-refractivity contribution in [2.75, 3.05) is 11.1 Å². The molecule has 0 unspecified atom stereocenters. The lowest BCUT2D eigenvalue weighted by atomic mass is 9.77. The summed E-state index contributed by atoms with van der Waals surface area (Å²) in [5.74, 6) is 0. The van der Waals surface area contributed by atoms with Gasteiger partial charge in [0.25, 0.3) is 0 Å². The van der Waals surface area contributed by atoms with Gasteiger partial charge in [-0.3, -0.25) is 0 Å². The maximum atomic E-state index is 6.51. The molecule has 0 radical (unpaired) electrons. The van der Waals surface area contributed by atoms with Gasteiger partial charge in [-0.25, -0.2) is 0 Å². The zero-order chi connectivity index (χ0) is 31.3. The molecule has 2 nitrogen and oxygen atoms in total. The predicted molar refractivity (Wildman–Crippen MR) is 186 cm³/mol. The number of nitrogens with one attached hydrogen (secondary N) is 1. The largest absolute Gasteiger partial charge is 0.397 e. The van der Waals surface area contributed by atoms with E-state index in [4.69, 9.17) is 5.73 Å². The molecule has 0 aliphatic heterocycles. The molecular formula is C40H52N2. The maximum absolute atomic E-state index is 6.51. The van der Waals surface area contributed by atoms with E-state index in [1.807, 2.05) is 18.2 Å². The van der Waals surface area contributed by atoms with Gasteiger partial charge in [0, 0.05) is 11.1 Å². The average molecular weight is 561 g/mol. The Hall–Kier alpha value is -3.52. The minimum absolute atomic E-state index is 0.0215. The van der Waals surface area contributed by atoms with Gasteiger partial charge in [-0.15, -0.1) is 0 Å². The van der Waals surface area contributed by atoms with Crippen molar-refractivity contribution in [2.24, 2.45) is 0 Å². The highest BCUT2D eigenvalue weighted by atomic mass is 14.9. The predicted octanol–water partition coefficient (Wildman–Crippen LogP) is 11.5. The summed E-state index contributed by atoms with van der Waals surface area (Å²) in [5.41, 5.74) is 19.4. The molecule has 0 aliphatic carbocycles. The monoisotopic (exact) mass is 560 g/mol. The van der Waals surface area contributed by atoms with Crippen LogP contribution in [0.25, 0.3) is 22.3 Å². The number of benzene rings is 4. The Morgan fingerprint density at radius 3 is 1.14 bits per heavy atom. The van der Waals surface area contributed by atoms with Crippen LogP contribution in [0.1, 0.15) is 105 Å². The standard InChI is InChI=1S/C40H52N2/c1-37(2,3)28-20-26(21-29(24-28)38(4,5)6)32-16-15-17-33(36(32)42-35-19-14-13-18-34(35)41)27-22-30(39(7,8)9)25-31(23-27)40(10,11)12/h13-25,42H,41H2,1-12H3. The second-order valence-electron chi connectivity index (χ2n) is 16.0. The average Bonchev–Trinajstić information content (AvgIpc) is 2.87. The van der Waals surface area contributed by atoms with Gasteiger partial charge in [0.2, 0.25) is 0 Å². The second-order valence-corrected chi connectivity index (χ2v) is 16.0. The van der Waals surface area contributed by atoms with Crippen LogP contribution in [0.5, 0.6) is 0 Å². The number of rotatable bonds is 4. The summed E-state index contributed by atoms with van der Waals surface area (Å²) in [6.45, 7) is 27.6. The summed E-state index contributed by atoms with van der Waals surface area (Å²) in [6, 6.07) is 29.0. The zero-order valence-corrected chi connectivity index (χ0v) is 28.1. The minimum Gasteiger partial charge on any atom is -0.397 e. The first kappa shape index (κ1) is 31.4. The summed E-state index contributed by atoms with van der Waals surface area (Å²) in [6.07, 6.45) is 0. The van der Waals surface area contributed by atoms with E-state index in [9.17, 15) is 0 Å². The third-order valence-corrected chi connectivity index (χ3v) is 8.24. The fraction of sp³-hybridized carbons (Fsp3) is 0.400. The normalized spacial score (nSPS) is 12.9. The Labute approximate surface area is 255 Å². The molecule has 0 fully saturated rings. The molecule has 2 heteroatoms. The van der Waals surface area contributed by atoms with E-state index in [1.54, 1.807) is 0 Å². The molecule has 4 rings (SSSR count). The van der Waals surface area contributed by atoms with Crippen molar-refractivity contribution in [2.45, 2.75) is 105 Å². The molecule has 0 saturated carbocycles.